The molecule has 3 rings (SSSR count). The third-order valence-corrected chi connectivity index (χ3v) is 2.58. The number of nitrogens with one attached hydrogen (secondary N) is 1. The molecule has 0 bridgehead atoms. The van der Waals surface area contributed by atoms with E-state index < -0.39 is 5.18 Å². The fraction of sp³-hybridized carbons (Fsp3) is 0.111. The summed E-state index contributed by atoms with van der Waals surface area (Å²) < 4.78 is 1.67. The molecule has 1 aromatic carbocycles. The summed E-state index contributed by atoms with van der Waals surface area (Å²) in [5.41, 5.74) is 4.41. The van der Waals surface area contributed by atoms with Gasteiger partial charge in [-0.25, -0.2) is 4.68 Å². The van der Waals surface area contributed by atoms with Crippen molar-refractivity contribution in [2.24, 2.45) is 0 Å². The van der Waals surface area contributed by atoms with Gasteiger partial charge < -0.3 is 0 Å². The minimum absolute atomic E-state index is 0.832. The number of hydrogen-bond donors (Lipinski definition) is 1. The topological polar surface area (TPSA) is 65.2 Å². The Hall–Kier alpha value is -1.43. The average Bonchev–Trinajstić information content (AvgIpc) is 2.84. The van der Waals surface area contributed by atoms with Crippen LogP contribution in [-0.4, -0.2) is 15.0 Å². The molecule has 1 aromatic heterocycles. The van der Waals surface area contributed by atoms with Crippen molar-refractivity contribution in [3.8, 4) is 5.69 Å². The molecule has 1 saturated heterocycles. The van der Waals surface area contributed by atoms with Crippen LogP contribution in [0.3, 0.4) is 0 Å². The van der Waals surface area contributed by atoms with Crippen molar-refractivity contribution in [3.63, 3.8) is 0 Å². The Bertz CT molecular complexity index is 463. The summed E-state index contributed by atoms with van der Waals surface area (Å²) in [6, 6.07) is 7.56. The van der Waals surface area contributed by atoms with Crippen LogP contribution >= 0.6 is 11.6 Å². The summed E-state index contributed by atoms with van der Waals surface area (Å²) in [6.45, 7) is 0. The van der Waals surface area contributed by atoms with Gasteiger partial charge in [0.25, 0.3) is 5.18 Å². The molecule has 76 valence electrons. The van der Waals surface area contributed by atoms with Gasteiger partial charge in [0.15, 0.2) is 0 Å². The summed E-state index contributed by atoms with van der Waals surface area (Å²) >= 11 is 5.98. The number of benzene rings is 1. The second-order valence-corrected chi connectivity index (χ2v) is 3.73. The van der Waals surface area contributed by atoms with Crippen molar-refractivity contribution >= 4 is 11.6 Å². The number of hydrogen-bond acceptors (Lipinski definition) is 4. The smallest absolute Gasteiger partial charge is 0.252 e. The average molecular weight is 223 g/mol. The van der Waals surface area contributed by atoms with Crippen LogP contribution in [0, 0.1) is 0 Å². The molecule has 0 amide bonds. The maximum absolute atomic E-state index is 5.98. The molecule has 15 heavy (non-hydrogen) atoms. The van der Waals surface area contributed by atoms with Crippen molar-refractivity contribution < 1.29 is 4.84 Å². The highest BCUT2D eigenvalue weighted by Gasteiger charge is 2.44. The monoisotopic (exact) mass is 222 g/mol. The van der Waals surface area contributed by atoms with Crippen LogP contribution in [0.1, 0.15) is 5.56 Å². The lowest BCUT2D eigenvalue weighted by atomic mass is 10.2. The molecule has 0 spiro atoms. The summed E-state index contributed by atoms with van der Waals surface area (Å²) in [5, 5.41) is 6.78. The van der Waals surface area contributed by atoms with Crippen molar-refractivity contribution in [1.82, 2.24) is 20.5 Å². The zero-order valence-electron chi connectivity index (χ0n) is 7.59. The minimum Gasteiger partial charge on any atom is -0.252 e. The second kappa shape index (κ2) is 3.03. The molecule has 1 aliphatic rings. The molecule has 1 atom stereocenters. The van der Waals surface area contributed by atoms with E-state index in [4.69, 9.17) is 16.4 Å². The van der Waals surface area contributed by atoms with Crippen molar-refractivity contribution in [2.75, 3.05) is 0 Å². The van der Waals surface area contributed by atoms with Crippen molar-refractivity contribution in [2.45, 2.75) is 5.18 Å². The van der Waals surface area contributed by atoms with E-state index in [9.17, 15) is 0 Å². The molecule has 1 N–H and O–H groups in total. The summed E-state index contributed by atoms with van der Waals surface area (Å²) in [4.78, 5) is 4.89. The first-order chi connectivity index (χ1) is 7.28. The third-order valence-electron chi connectivity index (χ3n) is 2.21. The standard InChI is InChI=1S/C9H7ClN4O/c10-9(12-15-9)7-1-3-8(4-2-7)14-6-5-11-13-14/h1-6,12H. The molecule has 0 radical (unpaired) electrons. The van der Waals surface area contributed by atoms with E-state index >= 15 is 0 Å². The summed E-state index contributed by atoms with van der Waals surface area (Å²) in [6.07, 6.45) is 3.40. The largest absolute Gasteiger partial charge is 0.262 e. The van der Waals surface area contributed by atoms with Crippen LogP contribution in [0.25, 0.3) is 5.69 Å². The van der Waals surface area contributed by atoms with Gasteiger partial charge in [-0.15, -0.1) is 10.6 Å². The highest BCUT2D eigenvalue weighted by atomic mass is 35.5. The van der Waals surface area contributed by atoms with E-state index in [1.165, 1.54) is 0 Å². The van der Waals surface area contributed by atoms with Crippen LogP contribution in [0.4, 0.5) is 0 Å². The Morgan fingerprint density at radius 3 is 2.60 bits per heavy atom. The molecule has 0 aliphatic carbocycles. The molecule has 1 fully saturated rings. The van der Waals surface area contributed by atoms with Gasteiger partial charge in [0.05, 0.1) is 18.1 Å². The molecular formula is C9H7ClN4O. The second-order valence-electron chi connectivity index (χ2n) is 3.19. The van der Waals surface area contributed by atoms with Gasteiger partial charge in [-0.1, -0.05) is 28.9 Å². The number of nitrogens with zero attached hydrogens (tertiary/aromatic N) is 3. The van der Waals surface area contributed by atoms with Gasteiger partial charge >= 0.3 is 0 Å². The lowest BCUT2D eigenvalue weighted by molar-refractivity contribution is 0.354. The summed E-state index contributed by atoms with van der Waals surface area (Å²) in [7, 11) is 0. The van der Waals surface area contributed by atoms with E-state index in [0.29, 0.717) is 0 Å². The zero-order valence-corrected chi connectivity index (χ0v) is 8.35. The number of hydroxylamine groups is 1. The fourth-order valence-corrected chi connectivity index (χ4v) is 1.50. The third kappa shape index (κ3) is 1.50. The van der Waals surface area contributed by atoms with Crippen LogP contribution in [0.2, 0.25) is 0 Å². The van der Waals surface area contributed by atoms with E-state index in [-0.39, 0.29) is 0 Å². The van der Waals surface area contributed by atoms with Gasteiger partial charge in [-0.3, -0.25) is 4.84 Å². The van der Waals surface area contributed by atoms with Crippen molar-refractivity contribution in [3.05, 3.63) is 42.2 Å². The van der Waals surface area contributed by atoms with Gasteiger partial charge in [0.1, 0.15) is 0 Å². The zero-order chi connectivity index (χ0) is 10.3. The van der Waals surface area contributed by atoms with Gasteiger partial charge in [0, 0.05) is 5.56 Å². The Morgan fingerprint density at radius 1 is 1.33 bits per heavy atom. The Kier molecular flexibility index (Phi) is 1.79. The van der Waals surface area contributed by atoms with Gasteiger partial charge in [-0.2, -0.15) is 0 Å². The molecule has 1 unspecified atom stereocenters. The normalized spacial score (nSPS) is 24.1. The van der Waals surface area contributed by atoms with Crippen LogP contribution < -0.4 is 5.48 Å². The van der Waals surface area contributed by atoms with Gasteiger partial charge in [-0.05, 0) is 12.1 Å². The quantitative estimate of drug-likeness (QED) is 0.470. The molecule has 0 saturated carbocycles. The first-order valence-electron chi connectivity index (χ1n) is 4.39. The Balaban J connectivity index is 1.94. The van der Waals surface area contributed by atoms with Crippen LogP contribution in [0.5, 0.6) is 0 Å². The highest BCUT2D eigenvalue weighted by Crippen LogP contribution is 2.36. The number of alkyl halides is 1. The van der Waals surface area contributed by atoms with E-state index in [1.807, 2.05) is 24.3 Å². The fourth-order valence-electron chi connectivity index (χ4n) is 1.34. The first kappa shape index (κ1) is 8.84. The van der Waals surface area contributed by atoms with E-state index in [2.05, 4.69) is 15.8 Å². The summed E-state index contributed by atoms with van der Waals surface area (Å²) in [5.74, 6) is 0. The number of halogens is 1. The molecule has 2 heterocycles. The molecule has 5 nitrogen and oxygen atoms in total. The Morgan fingerprint density at radius 2 is 2.07 bits per heavy atom. The first-order valence-corrected chi connectivity index (χ1v) is 4.77. The molecular weight excluding hydrogens is 216 g/mol. The number of aromatic nitrogens is 3. The van der Waals surface area contributed by atoms with Gasteiger partial charge in [0.2, 0.25) is 0 Å². The van der Waals surface area contributed by atoms with Crippen LogP contribution in [-0.2, 0) is 10.0 Å². The molecule has 6 heteroatoms. The SMILES string of the molecule is ClC1(c2ccc(-n3ccnn3)cc2)NO1. The van der Waals surface area contributed by atoms with Crippen LogP contribution in [0.15, 0.2) is 36.7 Å². The minimum atomic E-state index is -0.832. The lowest BCUT2D eigenvalue weighted by Gasteiger charge is -2.03. The maximum Gasteiger partial charge on any atom is 0.262 e. The van der Waals surface area contributed by atoms with Crippen molar-refractivity contribution in [1.29, 1.82) is 0 Å². The maximum atomic E-state index is 5.98. The molecule has 1 aliphatic heterocycles. The molecule has 2 aromatic rings. The predicted molar refractivity (Wildman–Crippen MR) is 53.1 cm³/mol. The van der Waals surface area contributed by atoms with E-state index in [0.717, 1.165) is 11.3 Å². The van der Waals surface area contributed by atoms with E-state index in [1.54, 1.807) is 17.1 Å². The Labute approximate surface area is 90.6 Å². The predicted octanol–water partition coefficient (Wildman–Crippen LogP) is 1.15. The highest BCUT2D eigenvalue weighted by molar-refractivity contribution is 6.23. The number of rotatable bonds is 2. The lowest BCUT2D eigenvalue weighted by Crippen LogP contribution is -2.03.